The second kappa shape index (κ2) is 8.18. The van der Waals surface area contributed by atoms with Crippen LogP contribution >= 0.6 is 0 Å². The number of anilines is 3. The minimum Gasteiger partial charge on any atom is -0.355 e. The largest absolute Gasteiger partial charge is 0.433 e. The highest BCUT2D eigenvalue weighted by Crippen LogP contribution is 2.34. The number of amides is 1. The Morgan fingerprint density at radius 3 is 2.29 bits per heavy atom. The summed E-state index contributed by atoms with van der Waals surface area (Å²) >= 11 is 0. The number of pyridine rings is 1. The van der Waals surface area contributed by atoms with Crippen LogP contribution in [0.5, 0.6) is 0 Å². The summed E-state index contributed by atoms with van der Waals surface area (Å²) in [5, 5.41) is 11.5. The fraction of sp³-hybridized carbons (Fsp3) is 0.0800. The fourth-order valence-electron chi connectivity index (χ4n) is 3.86. The molecule has 5 aromatic rings. The molecule has 6 nitrogen and oxygen atoms in total. The summed E-state index contributed by atoms with van der Waals surface area (Å²) in [6, 6.07) is 21.7. The van der Waals surface area contributed by atoms with Gasteiger partial charge in [-0.3, -0.25) is 9.48 Å². The van der Waals surface area contributed by atoms with Crippen molar-refractivity contribution in [1.82, 2.24) is 14.8 Å². The third kappa shape index (κ3) is 4.03. The molecule has 2 heterocycles. The van der Waals surface area contributed by atoms with E-state index in [1.54, 1.807) is 49.5 Å². The number of nitrogens with zero attached hydrogens (tertiary/aromatic N) is 3. The first-order valence-electron chi connectivity index (χ1n) is 10.4. The number of hydrogen-bond acceptors (Lipinski definition) is 4. The number of carbonyl (C=O) groups excluding carboxylic acids is 1. The Morgan fingerprint density at radius 1 is 0.853 bits per heavy atom. The van der Waals surface area contributed by atoms with Gasteiger partial charge in [0, 0.05) is 29.2 Å². The molecule has 9 heteroatoms. The van der Waals surface area contributed by atoms with E-state index >= 15 is 0 Å². The van der Waals surface area contributed by atoms with Gasteiger partial charge in [0.25, 0.3) is 5.91 Å². The third-order valence-corrected chi connectivity index (χ3v) is 5.36. The normalized spacial score (nSPS) is 11.6. The van der Waals surface area contributed by atoms with E-state index < -0.39 is 11.9 Å². The predicted molar refractivity (Wildman–Crippen MR) is 125 cm³/mol. The van der Waals surface area contributed by atoms with Crippen molar-refractivity contribution in [3.05, 3.63) is 90.3 Å². The van der Waals surface area contributed by atoms with E-state index in [-0.39, 0.29) is 17.1 Å². The molecule has 5 rings (SSSR count). The summed E-state index contributed by atoms with van der Waals surface area (Å²) < 4.78 is 41.6. The van der Waals surface area contributed by atoms with Gasteiger partial charge in [0.05, 0.1) is 16.7 Å². The Kier molecular flexibility index (Phi) is 5.16. The molecule has 0 unspecified atom stereocenters. The van der Waals surface area contributed by atoms with E-state index in [1.807, 2.05) is 24.3 Å². The third-order valence-electron chi connectivity index (χ3n) is 5.36. The Hall–Kier alpha value is -4.40. The number of benzene rings is 3. The molecule has 0 aliphatic rings. The lowest BCUT2D eigenvalue weighted by Gasteiger charge is -2.14. The molecule has 0 spiro atoms. The van der Waals surface area contributed by atoms with Gasteiger partial charge in [-0.05, 0) is 36.4 Å². The highest BCUT2D eigenvalue weighted by molar-refractivity contribution is 6.11. The van der Waals surface area contributed by atoms with E-state index in [0.29, 0.717) is 28.0 Å². The van der Waals surface area contributed by atoms with Crippen LogP contribution in [0.4, 0.5) is 30.2 Å². The molecule has 170 valence electrons. The minimum atomic E-state index is -4.58. The maximum Gasteiger partial charge on any atom is 0.433 e. The summed E-state index contributed by atoms with van der Waals surface area (Å²) in [5.74, 6) is -0.345. The number of alkyl halides is 3. The van der Waals surface area contributed by atoms with Crippen molar-refractivity contribution < 1.29 is 18.0 Å². The number of aromatic nitrogens is 3. The molecule has 0 saturated heterocycles. The molecular formula is C25H18F3N5O. The van der Waals surface area contributed by atoms with Gasteiger partial charge >= 0.3 is 6.18 Å². The van der Waals surface area contributed by atoms with Gasteiger partial charge in [0.1, 0.15) is 11.4 Å². The van der Waals surface area contributed by atoms with E-state index in [0.717, 1.165) is 11.5 Å². The van der Waals surface area contributed by atoms with Gasteiger partial charge in [0.15, 0.2) is 0 Å². The van der Waals surface area contributed by atoms with Crippen LogP contribution in [0, 0.1) is 0 Å². The molecule has 0 atom stereocenters. The van der Waals surface area contributed by atoms with Crippen LogP contribution < -0.4 is 10.6 Å². The zero-order valence-electron chi connectivity index (χ0n) is 17.9. The van der Waals surface area contributed by atoms with Crippen molar-refractivity contribution in [2.24, 2.45) is 7.05 Å². The summed E-state index contributed by atoms with van der Waals surface area (Å²) in [6.07, 6.45) is -4.58. The highest BCUT2D eigenvalue weighted by atomic mass is 19.4. The molecule has 2 aromatic heterocycles. The van der Waals surface area contributed by atoms with E-state index in [4.69, 9.17) is 0 Å². The van der Waals surface area contributed by atoms with Gasteiger partial charge in [0.2, 0.25) is 0 Å². The lowest BCUT2D eigenvalue weighted by molar-refractivity contribution is -0.140. The first kappa shape index (κ1) is 21.4. The van der Waals surface area contributed by atoms with Crippen LogP contribution in [0.1, 0.15) is 16.2 Å². The number of carbonyl (C=O) groups is 1. The number of para-hydroxylation sites is 1. The number of hydrogen-bond donors (Lipinski definition) is 2. The Bertz CT molecular complexity index is 1540. The Morgan fingerprint density at radius 2 is 1.53 bits per heavy atom. The van der Waals surface area contributed by atoms with Crippen LogP contribution in [-0.2, 0) is 13.2 Å². The van der Waals surface area contributed by atoms with Crippen LogP contribution in [0.2, 0.25) is 0 Å². The van der Waals surface area contributed by atoms with Crippen molar-refractivity contribution >= 4 is 44.8 Å². The highest BCUT2D eigenvalue weighted by Gasteiger charge is 2.33. The minimum absolute atomic E-state index is 0.229. The monoisotopic (exact) mass is 461 g/mol. The first-order chi connectivity index (χ1) is 16.3. The fourth-order valence-corrected chi connectivity index (χ4v) is 3.86. The van der Waals surface area contributed by atoms with Gasteiger partial charge in [-0.1, -0.05) is 42.5 Å². The maximum atomic E-state index is 13.4. The molecule has 0 fully saturated rings. The molecule has 0 radical (unpaired) electrons. The maximum absolute atomic E-state index is 13.4. The van der Waals surface area contributed by atoms with E-state index in [9.17, 15) is 18.0 Å². The SMILES string of the molecule is Cn1nc2ccccc2c1C(=O)Nc1cccc(Nc2cc(C(F)(F)F)nc3ccccc23)c1. The molecule has 34 heavy (non-hydrogen) atoms. The van der Waals surface area contributed by atoms with Crippen LogP contribution in [-0.4, -0.2) is 20.7 Å². The van der Waals surface area contributed by atoms with Gasteiger partial charge < -0.3 is 10.6 Å². The summed E-state index contributed by atoms with van der Waals surface area (Å²) in [4.78, 5) is 16.7. The number of fused-ring (bicyclic) bond motifs is 2. The van der Waals surface area contributed by atoms with Crippen LogP contribution in [0.3, 0.4) is 0 Å². The zero-order chi connectivity index (χ0) is 23.9. The quantitative estimate of drug-likeness (QED) is 0.337. The van der Waals surface area contributed by atoms with Crippen molar-refractivity contribution in [1.29, 1.82) is 0 Å². The zero-order valence-corrected chi connectivity index (χ0v) is 17.9. The summed E-state index contributed by atoms with van der Waals surface area (Å²) in [5.41, 5.74) is 1.61. The smallest absolute Gasteiger partial charge is 0.355 e. The summed E-state index contributed by atoms with van der Waals surface area (Å²) in [7, 11) is 1.69. The van der Waals surface area contributed by atoms with Crippen molar-refractivity contribution in [3.8, 4) is 0 Å². The number of halogens is 3. The Labute approximate surface area is 192 Å². The van der Waals surface area contributed by atoms with Crippen molar-refractivity contribution in [2.75, 3.05) is 10.6 Å². The predicted octanol–water partition coefficient (Wildman–Crippen LogP) is 6.14. The standard InChI is InChI=1S/C25H18F3N5O/c1-33-23(18-10-3-5-12-20(18)32-33)24(34)30-16-8-6-7-15(13-16)29-21-14-22(25(26,27)28)31-19-11-4-2-9-17(19)21/h2-14H,1H3,(H,29,31)(H,30,34). The average Bonchev–Trinajstić information content (AvgIpc) is 3.14. The molecular weight excluding hydrogens is 443 g/mol. The summed E-state index contributed by atoms with van der Waals surface area (Å²) in [6.45, 7) is 0. The average molecular weight is 461 g/mol. The second-order valence-corrected chi connectivity index (χ2v) is 7.72. The van der Waals surface area contributed by atoms with E-state index in [2.05, 4.69) is 20.7 Å². The van der Waals surface area contributed by atoms with Crippen LogP contribution in [0.25, 0.3) is 21.8 Å². The molecule has 0 aliphatic carbocycles. The molecule has 2 N–H and O–H groups in total. The van der Waals surface area contributed by atoms with Gasteiger partial charge in [-0.15, -0.1) is 0 Å². The van der Waals surface area contributed by atoms with Crippen LogP contribution in [0.15, 0.2) is 78.9 Å². The molecule has 3 aromatic carbocycles. The number of aryl methyl sites for hydroxylation is 1. The van der Waals surface area contributed by atoms with Crippen molar-refractivity contribution in [2.45, 2.75) is 6.18 Å². The van der Waals surface area contributed by atoms with Gasteiger partial charge in [-0.2, -0.15) is 18.3 Å². The molecule has 0 bridgehead atoms. The molecule has 0 saturated carbocycles. The molecule has 1 amide bonds. The lowest BCUT2D eigenvalue weighted by Crippen LogP contribution is -2.16. The number of nitrogens with one attached hydrogen (secondary N) is 2. The molecule has 0 aliphatic heterocycles. The van der Waals surface area contributed by atoms with E-state index in [1.165, 1.54) is 10.7 Å². The second-order valence-electron chi connectivity index (χ2n) is 7.72. The van der Waals surface area contributed by atoms with Crippen molar-refractivity contribution in [3.63, 3.8) is 0 Å². The number of rotatable bonds is 4. The first-order valence-corrected chi connectivity index (χ1v) is 10.4. The Balaban J connectivity index is 1.46. The van der Waals surface area contributed by atoms with Gasteiger partial charge in [-0.25, -0.2) is 4.98 Å². The topological polar surface area (TPSA) is 71.8 Å². The lowest BCUT2D eigenvalue weighted by atomic mass is 10.1.